The van der Waals surface area contributed by atoms with Crippen molar-refractivity contribution < 1.29 is 19.1 Å². The van der Waals surface area contributed by atoms with Crippen LogP contribution in [-0.2, 0) is 25.7 Å². The van der Waals surface area contributed by atoms with Crippen LogP contribution in [-0.4, -0.2) is 44.8 Å². The Bertz CT molecular complexity index is 976. The van der Waals surface area contributed by atoms with E-state index >= 15 is 0 Å². The molecule has 2 amide bonds. The van der Waals surface area contributed by atoms with Crippen molar-refractivity contribution in [1.29, 1.82) is 0 Å². The number of fused-ring (bicyclic) bond motifs is 1. The van der Waals surface area contributed by atoms with Gasteiger partial charge in [-0.1, -0.05) is 12.1 Å². The molecule has 0 bridgehead atoms. The number of ether oxygens (including phenoxy) is 1. The second-order valence-corrected chi connectivity index (χ2v) is 9.28. The first-order chi connectivity index (χ1) is 13.9. The maximum Gasteiger partial charge on any atom is 0.343 e. The van der Waals surface area contributed by atoms with Crippen LogP contribution < -0.4 is 4.90 Å². The molecule has 2 fully saturated rings. The third-order valence-electron chi connectivity index (χ3n) is 5.05. The normalized spacial score (nSPS) is 20.6. The van der Waals surface area contributed by atoms with E-state index in [-0.39, 0.29) is 24.4 Å². The number of nitrogens with zero attached hydrogens (tertiary/aromatic N) is 3. The Morgan fingerprint density at radius 3 is 2.97 bits per heavy atom. The molecule has 0 radical (unpaired) electrons. The monoisotopic (exact) mass is 431 g/mol. The number of rotatable bonds is 5. The predicted molar refractivity (Wildman–Crippen MR) is 112 cm³/mol. The Balaban J connectivity index is 1.47. The van der Waals surface area contributed by atoms with Gasteiger partial charge in [0.1, 0.15) is 6.61 Å². The molecule has 9 heteroatoms. The van der Waals surface area contributed by atoms with Gasteiger partial charge in [-0.15, -0.1) is 23.1 Å². The molecule has 3 heterocycles. The van der Waals surface area contributed by atoms with Crippen molar-refractivity contribution in [3.05, 3.63) is 40.9 Å². The van der Waals surface area contributed by atoms with Crippen LogP contribution in [0.1, 0.15) is 31.0 Å². The molecule has 4 rings (SSSR count). The van der Waals surface area contributed by atoms with Gasteiger partial charge >= 0.3 is 5.97 Å². The number of hydrogen-bond donors (Lipinski definition) is 0. The van der Waals surface area contributed by atoms with Gasteiger partial charge in [0.25, 0.3) is 0 Å². The van der Waals surface area contributed by atoms with Crippen LogP contribution in [0.5, 0.6) is 0 Å². The third-order valence-corrected chi connectivity index (χ3v) is 7.38. The number of esters is 1. The van der Waals surface area contributed by atoms with Crippen molar-refractivity contribution in [1.82, 2.24) is 9.88 Å². The van der Waals surface area contributed by atoms with Crippen LogP contribution in [0.4, 0.5) is 10.8 Å². The fraction of sp³-hybridized carbons (Fsp3) is 0.400. The topological polar surface area (TPSA) is 79.8 Å². The molecule has 0 N–H and O–H groups in total. The Morgan fingerprint density at radius 1 is 1.38 bits per heavy atom. The molecule has 0 spiro atoms. The van der Waals surface area contributed by atoms with Crippen molar-refractivity contribution in [3.63, 3.8) is 0 Å². The molecule has 7 nitrogen and oxygen atoms in total. The summed E-state index contributed by atoms with van der Waals surface area (Å²) >= 11 is 2.80. The predicted octanol–water partition coefficient (Wildman–Crippen LogP) is 3.24. The lowest BCUT2D eigenvalue weighted by atomic mass is 10.2. The molecule has 2 aliphatic heterocycles. The summed E-state index contributed by atoms with van der Waals surface area (Å²) in [5.74, 6) is 0.224. The van der Waals surface area contributed by atoms with Crippen LogP contribution in [0.15, 0.2) is 29.6 Å². The minimum atomic E-state index is -0.872. The average Bonchev–Trinajstić information content (AvgIpc) is 3.38. The zero-order valence-electron chi connectivity index (χ0n) is 16.2. The fourth-order valence-electron chi connectivity index (χ4n) is 3.69. The van der Waals surface area contributed by atoms with Crippen molar-refractivity contribution in [2.75, 3.05) is 17.2 Å². The van der Waals surface area contributed by atoms with E-state index in [0.29, 0.717) is 30.2 Å². The minimum Gasteiger partial charge on any atom is -0.457 e. The van der Waals surface area contributed by atoms with Gasteiger partial charge in [0, 0.05) is 31.0 Å². The van der Waals surface area contributed by atoms with E-state index in [0.717, 1.165) is 17.0 Å². The molecule has 0 saturated carbocycles. The second kappa shape index (κ2) is 7.79. The number of anilines is 2. The number of hydrogen-bond acceptors (Lipinski definition) is 7. The molecule has 1 aromatic carbocycles. The van der Waals surface area contributed by atoms with E-state index in [1.165, 1.54) is 30.0 Å². The van der Waals surface area contributed by atoms with Gasteiger partial charge in [0.15, 0.2) is 10.0 Å². The number of aromatic nitrogens is 1. The number of thioether (sulfide) groups is 1. The van der Waals surface area contributed by atoms with E-state index in [1.54, 1.807) is 15.2 Å². The van der Waals surface area contributed by atoms with E-state index in [4.69, 9.17) is 4.74 Å². The van der Waals surface area contributed by atoms with Gasteiger partial charge < -0.3 is 9.64 Å². The molecule has 2 aliphatic rings. The van der Waals surface area contributed by atoms with Gasteiger partial charge in [0.2, 0.25) is 11.8 Å². The van der Waals surface area contributed by atoms with Gasteiger partial charge in [-0.05, 0) is 31.0 Å². The maximum absolute atomic E-state index is 12.7. The average molecular weight is 432 g/mol. The number of carbonyl (C=O) groups excluding carboxylic acids is 3. The minimum absolute atomic E-state index is 0.0122. The van der Waals surface area contributed by atoms with Crippen LogP contribution in [0.2, 0.25) is 0 Å². The van der Waals surface area contributed by atoms with E-state index in [9.17, 15) is 14.4 Å². The van der Waals surface area contributed by atoms with Crippen molar-refractivity contribution in [2.45, 2.75) is 38.2 Å². The van der Waals surface area contributed by atoms with Gasteiger partial charge in [-0.2, -0.15) is 0 Å². The quantitative estimate of drug-likeness (QED) is 0.676. The first-order valence-electron chi connectivity index (χ1n) is 9.34. The first-order valence-corrected chi connectivity index (χ1v) is 11.2. The molecule has 1 aromatic heterocycles. The van der Waals surface area contributed by atoms with Crippen LogP contribution in [0, 0.1) is 6.92 Å². The van der Waals surface area contributed by atoms with Crippen LogP contribution in [0.25, 0.3) is 0 Å². The summed E-state index contributed by atoms with van der Waals surface area (Å²) in [6, 6.07) is 7.64. The Morgan fingerprint density at radius 2 is 2.21 bits per heavy atom. The zero-order chi connectivity index (χ0) is 20.6. The highest BCUT2D eigenvalue weighted by molar-refractivity contribution is 8.01. The SMILES string of the molecule is CC(=O)N(c1cccc(C)c1)c1nc(COC(=O)[C@]23CCC(=O)N2CCS3)cs1. The summed E-state index contributed by atoms with van der Waals surface area (Å²) in [5.41, 5.74) is 2.37. The maximum atomic E-state index is 12.7. The molecule has 29 heavy (non-hydrogen) atoms. The highest BCUT2D eigenvalue weighted by atomic mass is 32.2. The lowest BCUT2D eigenvalue weighted by molar-refractivity contribution is -0.154. The number of aryl methyl sites for hydroxylation is 1. The zero-order valence-corrected chi connectivity index (χ0v) is 17.8. The lowest BCUT2D eigenvalue weighted by Crippen LogP contribution is -2.46. The van der Waals surface area contributed by atoms with Crippen molar-refractivity contribution >= 4 is 51.7 Å². The summed E-state index contributed by atoms with van der Waals surface area (Å²) in [6.07, 6.45) is 0.871. The van der Waals surface area contributed by atoms with E-state index in [1.807, 2.05) is 31.2 Å². The van der Waals surface area contributed by atoms with Crippen LogP contribution in [0.3, 0.4) is 0 Å². The Labute approximate surface area is 177 Å². The van der Waals surface area contributed by atoms with Crippen molar-refractivity contribution in [2.24, 2.45) is 0 Å². The number of thiazole rings is 1. The summed E-state index contributed by atoms with van der Waals surface area (Å²) in [5, 5.41) is 2.31. The standard InChI is InChI=1S/C20H21N3O4S2/c1-13-4-3-5-16(10-13)23(14(2)24)19-21-15(12-28-19)11-27-18(26)20-7-6-17(25)22(20)8-9-29-20/h3-5,10,12H,6-9,11H2,1-2H3/t20-/m1/s1. The Hall–Kier alpha value is -2.39. The molecule has 2 saturated heterocycles. The molecular weight excluding hydrogens is 410 g/mol. The highest BCUT2D eigenvalue weighted by Crippen LogP contribution is 2.45. The van der Waals surface area contributed by atoms with Gasteiger partial charge in [-0.3, -0.25) is 14.5 Å². The second-order valence-electron chi connectivity index (χ2n) is 7.07. The molecule has 1 atom stereocenters. The summed E-state index contributed by atoms with van der Waals surface area (Å²) in [6.45, 7) is 4.06. The van der Waals surface area contributed by atoms with E-state index in [2.05, 4.69) is 4.98 Å². The first kappa shape index (κ1) is 19.9. The molecule has 2 aromatic rings. The number of carbonyl (C=O) groups is 3. The molecule has 0 aliphatic carbocycles. The summed E-state index contributed by atoms with van der Waals surface area (Å²) in [4.78, 5) is 43.8. The molecule has 152 valence electrons. The van der Waals surface area contributed by atoms with Gasteiger partial charge in [0.05, 0.1) is 11.4 Å². The number of benzene rings is 1. The summed E-state index contributed by atoms with van der Waals surface area (Å²) < 4.78 is 5.53. The molecular formula is C20H21N3O4S2. The smallest absolute Gasteiger partial charge is 0.343 e. The van der Waals surface area contributed by atoms with Gasteiger partial charge in [-0.25, -0.2) is 9.78 Å². The lowest BCUT2D eigenvalue weighted by Gasteiger charge is -2.28. The Kier molecular flexibility index (Phi) is 5.35. The van der Waals surface area contributed by atoms with Crippen LogP contribution >= 0.6 is 23.1 Å². The summed E-state index contributed by atoms with van der Waals surface area (Å²) in [7, 11) is 0. The number of amides is 2. The third kappa shape index (κ3) is 3.64. The van der Waals surface area contributed by atoms with Crippen molar-refractivity contribution in [3.8, 4) is 0 Å². The largest absolute Gasteiger partial charge is 0.457 e. The molecule has 0 unspecified atom stereocenters. The highest BCUT2D eigenvalue weighted by Gasteiger charge is 2.55. The fourth-order valence-corrected chi connectivity index (χ4v) is 5.95. The van der Waals surface area contributed by atoms with E-state index < -0.39 is 4.87 Å².